The molecule has 0 radical (unpaired) electrons. The van der Waals surface area contributed by atoms with Gasteiger partial charge in [0.05, 0.1) is 18.9 Å². The van der Waals surface area contributed by atoms with Gasteiger partial charge in [0.1, 0.15) is 11.2 Å². The molecule has 0 saturated heterocycles. The number of nitrogens with one attached hydrogen (secondary N) is 1. The number of rotatable bonds is 6. The Kier molecular flexibility index (Phi) is 7.16. The van der Waals surface area contributed by atoms with Crippen LogP contribution in [0.3, 0.4) is 0 Å². The number of carbonyl (C=O) groups is 2. The molecule has 33 heavy (non-hydrogen) atoms. The predicted octanol–water partition coefficient (Wildman–Crippen LogP) is 5.45. The fourth-order valence-electron chi connectivity index (χ4n) is 3.42. The molecule has 0 saturated carbocycles. The van der Waals surface area contributed by atoms with E-state index in [1.807, 2.05) is 0 Å². The van der Waals surface area contributed by atoms with E-state index < -0.39 is 29.5 Å². The van der Waals surface area contributed by atoms with Crippen molar-refractivity contribution in [1.29, 1.82) is 0 Å². The molecule has 1 aliphatic rings. The predicted molar refractivity (Wildman–Crippen MR) is 116 cm³/mol. The zero-order chi connectivity index (χ0) is 24.2. The molecule has 3 rings (SSSR count). The van der Waals surface area contributed by atoms with E-state index in [4.69, 9.17) is 16.3 Å². The zero-order valence-corrected chi connectivity index (χ0v) is 18.5. The molecule has 1 atom stereocenters. The minimum atomic E-state index is -4.82. The summed E-state index contributed by atoms with van der Waals surface area (Å²) in [4.78, 5) is 25.8. The number of ether oxygens (including phenoxy) is 2. The first-order valence-corrected chi connectivity index (χ1v) is 10.4. The topological polar surface area (TPSA) is 80.2 Å². The number of hydrogen-bond donors (Lipinski definition) is 1. The third kappa shape index (κ3) is 5.57. The van der Waals surface area contributed by atoms with Crippen LogP contribution in [-0.2, 0) is 9.53 Å². The zero-order valence-electron chi connectivity index (χ0n) is 17.8. The molecule has 1 aliphatic heterocycles. The number of halogens is 4. The maximum absolute atomic E-state index is 12.9. The van der Waals surface area contributed by atoms with Gasteiger partial charge >= 0.3 is 18.4 Å². The second-order valence-electron chi connectivity index (χ2n) is 7.17. The molecule has 2 amide bonds. The number of urea groups is 1. The Morgan fingerprint density at radius 2 is 1.76 bits per heavy atom. The molecular formula is C22H21ClF3N3O4. The fourth-order valence-corrected chi connectivity index (χ4v) is 3.55. The summed E-state index contributed by atoms with van der Waals surface area (Å²) in [5.74, 6) is -0.929. The van der Waals surface area contributed by atoms with Crippen molar-refractivity contribution in [1.82, 2.24) is 5.01 Å². The van der Waals surface area contributed by atoms with Gasteiger partial charge in [0.2, 0.25) is 0 Å². The van der Waals surface area contributed by atoms with Crippen LogP contribution in [-0.4, -0.2) is 42.2 Å². The molecule has 1 N–H and O–H groups in total. The first-order valence-electron chi connectivity index (χ1n) is 10.0. The number of esters is 1. The quantitative estimate of drug-likeness (QED) is 0.554. The summed E-state index contributed by atoms with van der Waals surface area (Å²) in [6.07, 6.45) is -4.50. The number of benzene rings is 2. The monoisotopic (exact) mass is 483 g/mol. The minimum absolute atomic E-state index is 0.0681. The largest absolute Gasteiger partial charge is 0.573 e. The number of hydrazone groups is 1. The maximum atomic E-state index is 12.9. The van der Waals surface area contributed by atoms with E-state index in [0.29, 0.717) is 22.7 Å². The van der Waals surface area contributed by atoms with Gasteiger partial charge in [0, 0.05) is 10.7 Å². The highest BCUT2D eigenvalue weighted by molar-refractivity contribution is 6.30. The highest BCUT2D eigenvalue weighted by Crippen LogP contribution is 2.37. The van der Waals surface area contributed by atoms with Gasteiger partial charge < -0.3 is 14.8 Å². The van der Waals surface area contributed by atoms with E-state index in [-0.39, 0.29) is 18.8 Å². The average Bonchev–Trinajstić information content (AvgIpc) is 3.16. The van der Waals surface area contributed by atoms with Crippen LogP contribution < -0.4 is 10.1 Å². The summed E-state index contributed by atoms with van der Waals surface area (Å²) in [5.41, 5.74) is 0.0105. The van der Waals surface area contributed by atoms with Gasteiger partial charge in [-0.25, -0.2) is 9.80 Å². The van der Waals surface area contributed by atoms with Crippen molar-refractivity contribution in [2.75, 3.05) is 18.5 Å². The highest BCUT2D eigenvalue weighted by atomic mass is 35.5. The molecule has 0 spiro atoms. The number of anilines is 1. The van der Waals surface area contributed by atoms with Gasteiger partial charge in [-0.1, -0.05) is 30.7 Å². The first kappa shape index (κ1) is 24.4. The summed E-state index contributed by atoms with van der Waals surface area (Å²) in [6.45, 7) is 3.57. The van der Waals surface area contributed by atoms with Crippen LogP contribution in [0.4, 0.5) is 23.7 Å². The van der Waals surface area contributed by atoms with Gasteiger partial charge in [-0.3, -0.25) is 4.79 Å². The Morgan fingerprint density at radius 3 is 2.30 bits per heavy atom. The normalized spacial score (nSPS) is 18.0. The van der Waals surface area contributed by atoms with Crippen molar-refractivity contribution < 1.29 is 32.2 Å². The third-order valence-electron chi connectivity index (χ3n) is 5.05. The van der Waals surface area contributed by atoms with Crippen molar-refractivity contribution in [3.8, 4) is 5.75 Å². The summed E-state index contributed by atoms with van der Waals surface area (Å²) >= 11 is 5.97. The van der Waals surface area contributed by atoms with Crippen LogP contribution in [0.1, 0.15) is 25.8 Å². The number of amides is 2. The molecule has 7 nitrogen and oxygen atoms in total. The summed E-state index contributed by atoms with van der Waals surface area (Å²) < 4.78 is 46.1. The summed E-state index contributed by atoms with van der Waals surface area (Å²) in [5, 5.41) is 8.56. The Balaban J connectivity index is 1.85. The van der Waals surface area contributed by atoms with Crippen molar-refractivity contribution in [2.45, 2.75) is 26.6 Å². The van der Waals surface area contributed by atoms with E-state index in [0.717, 1.165) is 17.1 Å². The van der Waals surface area contributed by atoms with E-state index in [1.165, 1.54) is 12.1 Å². The number of alkyl halides is 3. The Hall–Kier alpha value is -3.27. The number of nitrogens with zero attached hydrogens (tertiary/aromatic N) is 2. The molecule has 1 heterocycles. The Morgan fingerprint density at radius 1 is 1.12 bits per heavy atom. The molecule has 2 aromatic carbocycles. The van der Waals surface area contributed by atoms with Crippen LogP contribution >= 0.6 is 11.6 Å². The summed E-state index contributed by atoms with van der Waals surface area (Å²) in [7, 11) is 0. The van der Waals surface area contributed by atoms with Crippen LogP contribution in [0.5, 0.6) is 5.75 Å². The van der Waals surface area contributed by atoms with Gasteiger partial charge in [-0.2, -0.15) is 5.10 Å². The van der Waals surface area contributed by atoms with Crippen molar-refractivity contribution >= 4 is 35.0 Å². The lowest BCUT2D eigenvalue weighted by atomic mass is 9.78. The van der Waals surface area contributed by atoms with Gasteiger partial charge in [0.25, 0.3) is 0 Å². The second-order valence-corrected chi connectivity index (χ2v) is 7.61. The Labute approximate surface area is 193 Å². The lowest BCUT2D eigenvalue weighted by Gasteiger charge is -2.27. The molecule has 0 aromatic heterocycles. The molecule has 0 aliphatic carbocycles. The maximum Gasteiger partial charge on any atom is 0.573 e. The van der Waals surface area contributed by atoms with Crippen LogP contribution in [0, 0.1) is 5.41 Å². The fraction of sp³-hybridized carbons (Fsp3) is 0.318. The first-order chi connectivity index (χ1) is 15.6. The minimum Gasteiger partial charge on any atom is -0.465 e. The van der Waals surface area contributed by atoms with Crippen LogP contribution in [0.2, 0.25) is 5.02 Å². The SMILES string of the molecule is CCOC(=O)C1(CC)CN(C(=O)Nc2ccc(OC(F)(F)F)cc2)N=C1c1ccc(Cl)cc1. The molecule has 2 aromatic rings. The standard InChI is InChI=1S/C22H21ClF3N3O4/c1-3-21(19(30)32-4-2)13-29(28-18(21)14-5-7-15(23)8-6-14)20(31)27-16-9-11-17(12-10-16)33-22(24,25)26/h5-12H,3-4,13H2,1-2H3,(H,27,31). The van der Waals surface area contributed by atoms with Crippen LogP contribution in [0.25, 0.3) is 0 Å². The molecule has 0 fully saturated rings. The van der Waals surface area contributed by atoms with E-state index in [1.54, 1.807) is 38.1 Å². The number of carbonyl (C=O) groups excluding carboxylic acids is 2. The molecular weight excluding hydrogens is 463 g/mol. The Bertz CT molecular complexity index is 1040. The van der Waals surface area contributed by atoms with E-state index in [2.05, 4.69) is 15.2 Å². The summed E-state index contributed by atoms with van der Waals surface area (Å²) in [6, 6.07) is 10.7. The van der Waals surface area contributed by atoms with E-state index >= 15 is 0 Å². The third-order valence-corrected chi connectivity index (χ3v) is 5.31. The molecule has 0 bridgehead atoms. The lowest BCUT2D eigenvalue weighted by molar-refractivity contribution is -0.274. The molecule has 1 unspecified atom stereocenters. The van der Waals surface area contributed by atoms with Crippen molar-refractivity contribution in [3.63, 3.8) is 0 Å². The van der Waals surface area contributed by atoms with Gasteiger partial charge in [-0.15, -0.1) is 13.2 Å². The van der Waals surface area contributed by atoms with Crippen molar-refractivity contribution in [2.24, 2.45) is 10.5 Å². The van der Waals surface area contributed by atoms with Crippen molar-refractivity contribution in [3.05, 3.63) is 59.1 Å². The van der Waals surface area contributed by atoms with Gasteiger partial charge in [0.15, 0.2) is 0 Å². The second kappa shape index (κ2) is 9.70. The average molecular weight is 484 g/mol. The van der Waals surface area contributed by atoms with Gasteiger partial charge in [-0.05, 0) is 55.3 Å². The lowest BCUT2D eigenvalue weighted by Crippen LogP contribution is -2.44. The molecule has 11 heteroatoms. The van der Waals surface area contributed by atoms with E-state index in [9.17, 15) is 22.8 Å². The highest BCUT2D eigenvalue weighted by Gasteiger charge is 2.51. The van der Waals surface area contributed by atoms with Crippen LogP contribution in [0.15, 0.2) is 53.6 Å². The molecule has 176 valence electrons. The number of hydrogen-bond acceptors (Lipinski definition) is 5. The smallest absolute Gasteiger partial charge is 0.465 e.